The van der Waals surface area contributed by atoms with Crippen molar-refractivity contribution in [2.75, 3.05) is 0 Å². The average Bonchev–Trinajstić information content (AvgIpc) is 1.61. The second-order valence-corrected chi connectivity index (χ2v) is 1.36. The maximum Gasteiger partial charge on any atom is 0.129 e. The van der Waals surface area contributed by atoms with Crippen LogP contribution in [0.1, 0.15) is 19.8 Å². The van der Waals surface area contributed by atoms with E-state index in [4.69, 9.17) is 0 Å². The standard InChI is InChI=1S/C5H11B/c1-2-3-4-5-6/h4-5H,2-3,6H2,1H3. The van der Waals surface area contributed by atoms with Gasteiger partial charge in [0.2, 0.25) is 0 Å². The van der Waals surface area contributed by atoms with Gasteiger partial charge < -0.3 is 0 Å². The molecule has 1 heteroatoms. The summed E-state index contributed by atoms with van der Waals surface area (Å²) < 4.78 is 0. The third-order valence-electron chi connectivity index (χ3n) is 0.691. The number of unbranched alkanes of at least 4 members (excludes halogenated alkanes) is 1. The van der Waals surface area contributed by atoms with Gasteiger partial charge in [-0.2, -0.15) is 0 Å². The Morgan fingerprint density at radius 2 is 2.33 bits per heavy atom. The highest BCUT2D eigenvalue weighted by Crippen LogP contribution is 1.84. The molecule has 0 atom stereocenters. The first-order valence-electron chi connectivity index (χ1n) is 2.53. The third-order valence-corrected chi connectivity index (χ3v) is 0.691. The van der Waals surface area contributed by atoms with Crippen molar-refractivity contribution in [3.63, 3.8) is 0 Å². The maximum atomic E-state index is 2.18. The van der Waals surface area contributed by atoms with Crippen LogP contribution in [0.25, 0.3) is 0 Å². The maximum absolute atomic E-state index is 2.18. The topological polar surface area (TPSA) is 0 Å². The zero-order valence-electron chi connectivity index (χ0n) is 4.57. The van der Waals surface area contributed by atoms with Gasteiger partial charge in [-0.05, 0) is 6.42 Å². The first kappa shape index (κ1) is 5.80. The predicted molar refractivity (Wildman–Crippen MR) is 32.6 cm³/mol. The molecule has 0 aromatic rings. The van der Waals surface area contributed by atoms with Gasteiger partial charge >= 0.3 is 0 Å². The average molecular weight is 82.0 g/mol. The Kier molecular flexibility index (Phi) is 4.65. The van der Waals surface area contributed by atoms with Crippen LogP contribution in [-0.2, 0) is 0 Å². The second-order valence-electron chi connectivity index (χ2n) is 1.36. The Balaban J connectivity index is 2.66. The molecule has 6 heavy (non-hydrogen) atoms. The number of hydrogen-bond donors (Lipinski definition) is 0. The minimum absolute atomic E-state index is 1.23. The van der Waals surface area contributed by atoms with Gasteiger partial charge in [-0.3, -0.25) is 0 Å². The molecule has 0 heterocycles. The second kappa shape index (κ2) is 4.80. The predicted octanol–water partition coefficient (Wildman–Crippen LogP) is 0.933. The van der Waals surface area contributed by atoms with E-state index in [1.54, 1.807) is 0 Å². The van der Waals surface area contributed by atoms with Crippen LogP contribution in [0.5, 0.6) is 0 Å². The smallest absolute Gasteiger partial charge is 0.128 e. The summed E-state index contributed by atoms with van der Waals surface area (Å²) >= 11 is 0. The highest BCUT2D eigenvalue weighted by molar-refractivity contribution is 6.16. The first-order chi connectivity index (χ1) is 2.91. The zero-order chi connectivity index (χ0) is 4.83. The highest BCUT2D eigenvalue weighted by atomic mass is 13.7. The Labute approximate surface area is 40.7 Å². The molecule has 0 saturated carbocycles. The summed E-state index contributed by atoms with van der Waals surface area (Å²) in [6.45, 7) is 2.18. The molecule has 0 aliphatic heterocycles. The lowest BCUT2D eigenvalue weighted by Gasteiger charge is -1.76. The van der Waals surface area contributed by atoms with E-state index in [0.29, 0.717) is 0 Å². The quantitative estimate of drug-likeness (QED) is 0.434. The molecule has 0 aliphatic carbocycles. The largest absolute Gasteiger partial charge is 0.129 e. The van der Waals surface area contributed by atoms with Crippen molar-refractivity contribution in [2.24, 2.45) is 0 Å². The van der Waals surface area contributed by atoms with Crippen LogP contribution in [0.4, 0.5) is 0 Å². The molecule has 0 saturated heterocycles. The van der Waals surface area contributed by atoms with Crippen LogP contribution in [0, 0.1) is 0 Å². The number of hydrogen-bond acceptors (Lipinski definition) is 0. The molecule has 0 bridgehead atoms. The minimum atomic E-state index is 1.23. The summed E-state index contributed by atoms with van der Waals surface area (Å²) in [6, 6.07) is 0. The van der Waals surface area contributed by atoms with Crippen molar-refractivity contribution < 1.29 is 0 Å². The summed E-state index contributed by atoms with van der Waals surface area (Å²) in [6.07, 6.45) is 4.68. The van der Waals surface area contributed by atoms with E-state index in [9.17, 15) is 0 Å². The molecule has 0 aliphatic rings. The Bertz CT molecular complexity index is 39.2. The van der Waals surface area contributed by atoms with Crippen LogP contribution in [0.3, 0.4) is 0 Å². The molecular formula is C5H11B. The van der Waals surface area contributed by atoms with E-state index in [0.717, 1.165) is 0 Å². The third kappa shape index (κ3) is 3.80. The van der Waals surface area contributed by atoms with Gasteiger partial charge in [0.05, 0.1) is 0 Å². The van der Waals surface area contributed by atoms with Crippen molar-refractivity contribution in [2.45, 2.75) is 19.8 Å². The van der Waals surface area contributed by atoms with Crippen molar-refractivity contribution in [1.29, 1.82) is 0 Å². The molecule has 0 aromatic carbocycles. The van der Waals surface area contributed by atoms with Crippen LogP contribution in [0.15, 0.2) is 12.1 Å². The van der Waals surface area contributed by atoms with Gasteiger partial charge in [-0.15, -0.1) is 5.98 Å². The number of rotatable bonds is 2. The Morgan fingerprint density at radius 1 is 1.67 bits per heavy atom. The molecule has 0 unspecified atom stereocenters. The van der Waals surface area contributed by atoms with Gasteiger partial charge in [-0.1, -0.05) is 19.4 Å². The van der Waals surface area contributed by atoms with Crippen molar-refractivity contribution in [3.05, 3.63) is 12.1 Å². The lowest BCUT2D eigenvalue weighted by molar-refractivity contribution is 0.960. The van der Waals surface area contributed by atoms with E-state index < -0.39 is 0 Å². The molecule has 0 N–H and O–H groups in total. The minimum Gasteiger partial charge on any atom is -0.128 e. The SMILES string of the molecule is BC=CCCC. The molecule has 0 rings (SSSR count). The van der Waals surface area contributed by atoms with E-state index in [1.807, 2.05) is 0 Å². The summed E-state index contributed by atoms with van der Waals surface area (Å²) in [5, 5.41) is 0. The monoisotopic (exact) mass is 82.1 g/mol. The van der Waals surface area contributed by atoms with Crippen LogP contribution in [-0.4, -0.2) is 7.85 Å². The van der Waals surface area contributed by atoms with E-state index in [1.165, 1.54) is 12.8 Å². The zero-order valence-corrected chi connectivity index (χ0v) is 4.57. The number of allylic oxidation sites excluding steroid dienone is 1. The van der Waals surface area contributed by atoms with Gasteiger partial charge in [0.15, 0.2) is 0 Å². The molecule has 0 nitrogen and oxygen atoms in total. The normalized spacial score (nSPS) is 10.2. The summed E-state index contributed by atoms with van der Waals surface area (Å²) in [5.41, 5.74) is 0. The summed E-state index contributed by atoms with van der Waals surface area (Å²) in [5.74, 6) is 2.09. The molecule has 0 spiro atoms. The van der Waals surface area contributed by atoms with E-state index in [-0.39, 0.29) is 0 Å². The van der Waals surface area contributed by atoms with Gasteiger partial charge in [0.1, 0.15) is 7.85 Å². The van der Waals surface area contributed by atoms with E-state index in [2.05, 4.69) is 26.8 Å². The fraction of sp³-hybridized carbons (Fsp3) is 0.600. The van der Waals surface area contributed by atoms with Crippen LogP contribution >= 0.6 is 0 Å². The molecule has 34 valence electrons. The fourth-order valence-corrected chi connectivity index (χ4v) is 0.333. The summed E-state index contributed by atoms with van der Waals surface area (Å²) in [4.78, 5) is 0. The first-order valence-corrected chi connectivity index (χ1v) is 2.53. The molecule has 0 radical (unpaired) electrons. The van der Waals surface area contributed by atoms with Crippen LogP contribution in [0.2, 0.25) is 0 Å². The van der Waals surface area contributed by atoms with E-state index >= 15 is 0 Å². The molecular weight excluding hydrogens is 70.9 g/mol. The fourth-order valence-electron chi connectivity index (χ4n) is 0.333. The lowest BCUT2D eigenvalue weighted by Crippen LogP contribution is -1.58. The summed E-state index contributed by atoms with van der Waals surface area (Å²) in [7, 11) is 2.05. The highest BCUT2D eigenvalue weighted by Gasteiger charge is 1.64. The van der Waals surface area contributed by atoms with Crippen molar-refractivity contribution in [1.82, 2.24) is 0 Å². The van der Waals surface area contributed by atoms with Crippen molar-refractivity contribution >= 4 is 7.85 Å². The van der Waals surface area contributed by atoms with Crippen molar-refractivity contribution in [3.8, 4) is 0 Å². The van der Waals surface area contributed by atoms with Crippen LogP contribution < -0.4 is 0 Å². The van der Waals surface area contributed by atoms with Gasteiger partial charge in [0.25, 0.3) is 0 Å². The Morgan fingerprint density at radius 3 is 2.50 bits per heavy atom. The molecule has 0 fully saturated rings. The Hall–Kier alpha value is -0.195. The molecule has 0 amide bonds. The molecule has 0 aromatic heterocycles. The van der Waals surface area contributed by atoms with Gasteiger partial charge in [0, 0.05) is 0 Å². The lowest BCUT2D eigenvalue weighted by atomic mass is 10.1. The van der Waals surface area contributed by atoms with Gasteiger partial charge in [-0.25, -0.2) is 0 Å².